The monoisotopic (exact) mass is 320 g/mol. The van der Waals surface area contributed by atoms with Crippen molar-refractivity contribution in [1.82, 2.24) is 10.2 Å². The minimum Gasteiger partial charge on any atom is -0.355 e. The van der Waals surface area contributed by atoms with Crippen molar-refractivity contribution >= 4 is 23.6 Å². The molecule has 5 heteroatoms. The standard InChI is InChI=1S/C17H24N2O2S/c20-16(14-19-12-6-2-5-10-17(19)21)18-11-7-13-22-15-8-3-1-4-9-15/h1,3-4,8-9H,2,5-7,10-14H2,(H,18,20). The Morgan fingerprint density at radius 1 is 1.18 bits per heavy atom. The van der Waals surface area contributed by atoms with E-state index < -0.39 is 0 Å². The lowest BCUT2D eigenvalue weighted by Crippen LogP contribution is -2.40. The van der Waals surface area contributed by atoms with Gasteiger partial charge in [-0.25, -0.2) is 0 Å². The number of nitrogens with zero attached hydrogens (tertiary/aromatic N) is 1. The molecule has 22 heavy (non-hydrogen) atoms. The molecule has 0 aliphatic carbocycles. The van der Waals surface area contributed by atoms with Crippen LogP contribution in [0.25, 0.3) is 0 Å². The smallest absolute Gasteiger partial charge is 0.239 e. The fourth-order valence-electron chi connectivity index (χ4n) is 2.44. The highest BCUT2D eigenvalue weighted by Gasteiger charge is 2.18. The summed E-state index contributed by atoms with van der Waals surface area (Å²) in [6.07, 6.45) is 4.56. The Labute approximate surface area is 136 Å². The van der Waals surface area contributed by atoms with Gasteiger partial charge in [-0.15, -0.1) is 11.8 Å². The molecule has 1 aromatic rings. The van der Waals surface area contributed by atoms with Crippen LogP contribution in [0.2, 0.25) is 0 Å². The second kappa shape index (κ2) is 9.51. The first-order valence-electron chi connectivity index (χ1n) is 7.98. The largest absolute Gasteiger partial charge is 0.355 e. The van der Waals surface area contributed by atoms with Gasteiger partial charge in [0.15, 0.2) is 0 Å². The summed E-state index contributed by atoms with van der Waals surface area (Å²) in [6, 6.07) is 10.3. The van der Waals surface area contributed by atoms with Crippen LogP contribution >= 0.6 is 11.8 Å². The van der Waals surface area contributed by atoms with E-state index in [0.29, 0.717) is 13.0 Å². The van der Waals surface area contributed by atoms with Crippen LogP contribution < -0.4 is 5.32 Å². The summed E-state index contributed by atoms with van der Waals surface area (Å²) in [4.78, 5) is 26.7. The molecule has 1 fully saturated rings. The van der Waals surface area contributed by atoms with Crippen LogP contribution in [0.1, 0.15) is 32.1 Å². The highest BCUT2D eigenvalue weighted by atomic mass is 32.2. The number of carbonyl (C=O) groups excluding carboxylic acids is 2. The van der Waals surface area contributed by atoms with Crippen molar-refractivity contribution in [3.8, 4) is 0 Å². The average Bonchev–Trinajstić information content (AvgIpc) is 2.73. The van der Waals surface area contributed by atoms with Crippen LogP contribution in [0.5, 0.6) is 0 Å². The second-order valence-corrected chi connectivity index (χ2v) is 6.66. The Kier molecular flexibility index (Phi) is 7.30. The van der Waals surface area contributed by atoms with E-state index in [1.807, 2.05) is 18.2 Å². The topological polar surface area (TPSA) is 49.4 Å². The van der Waals surface area contributed by atoms with Crippen molar-refractivity contribution in [3.63, 3.8) is 0 Å². The number of rotatable bonds is 7. The molecule has 1 aromatic carbocycles. The maximum Gasteiger partial charge on any atom is 0.239 e. The zero-order chi connectivity index (χ0) is 15.6. The molecule has 4 nitrogen and oxygen atoms in total. The molecule has 0 radical (unpaired) electrons. The van der Waals surface area contributed by atoms with E-state index >= 15 is 0 Å². The maximum absolute atomic E-state index is 11.9. The zero-order valence-electron chi connectivity index (χ0n) is 12.9. The lowest BCUT2D eigenvalue weighted by Gasteiger charge is -2.19. The third-order valence-corrected chi connectivity index (χ3v) is 4.76. The molecule has 0 bridgehead atoms. The van der Waals surface area contributed by atoms with E-state index in [1.165, 1.54) is 4.90 Å². The van der Waals surface area contributed by atoms with Crippen molar-refractivity contribution in [2.24, 2.45) is 0 Å². The summed E-state index contributed by atoms with van der Waals surface area (Å²) in [6.45, 7) is 1.60. The van der Waals surface area contributed by atoms with Crippen LogP contribution in [0.3, 0.4) is 0 Å². The summed E-state index contributed by atoms with van der Waals surface area (Å²) < 4.78 is 0. The lowest BCUT2D eigenvalue weighted by molar-refractivity contribution is -0.135. The average molecular weight is 320 g/mol. The van der Waals surface area contributed by atoms with Gasteiger partial charge in [0.2, 0.25) is 11.8 Å². The van der Waals surface area contributed by atoms with Crippen molar-refractivity contribution in [2.45, 2.75) is 37.0 Å². The molecule has 1 aliphatic rings. The number of benzene rings is 1. The molecule has 0 spiro atoms. The lowest BCUT2D eigenvalue weighted by atomic mass is 10.2. The predicted molar refractivity (Wildman–Crippen MR) is 89.8 cm³/mol. The number of nitrogens with one attached hydrogen (secondary N) is 1. The predicted octanol–water partition coefficient (Wildman–Crippen LogP) is 2.69. The molecule has 0 aromatic heterocycles. The molecule has 0 saturated carbocycles. The van der Waals surface area contributed by atoms with Crippen LogP contribution in [-0.2, 0) is 9.59 Å². The van der Waals surface area contributed by atoms with Gasteiger partial charge in [-0.05, 0) is 37.1 Å². The number of carbonyl (C=O) groups is 2. The first kappa shape index (κ1) is 16.9. The van der Waals surface area contributed by atoms with Crippen LogP contribution in [0.15, 0.2) is 35.2 Å². The quantitative estimate of drug-likeness (QED) is 0.621. The molecule has 0 unspecified atom stereocenters. The van der Waals surface area contributed by atoms with Crippen molar-refractivity contribution in [1.29, 1.82) is 0 Å². The van der Waals surface area contributed by atoms with Gasteiger partial charge >= 0.3 is 0 Å². The van der Waals surface area contributed by atoms with Gasteiger partial charge < -0.3 is 10.2 Å². The van der Waals surface area contributed by atoms with Crippen molar-refractivity contribution in [3.05, 3.63) is 30.3 Å². The number of thioether (sulfide) groups is 1. The summed E-state index contributed by atoms with van der Waals surface area (Å²) in [7, 11) is 0. The van der Waals surface area contributed by atoms with Crippen LogP contribution in [0, 0.1) is 0 Å². The zero-order valence-corrected chi connectivity index (χ0v) is 13.7. The molecule has 120 valence electrons. The first-order valence-corrected chi connectivity index (χ1v) is 8.96. The Hall–Kier alpha value is -1.49. The van der Waals surface area contributed by atoms with Gasteiger partial charge in [-0.1, -0.05) is 24.6 Å². The van der Waals surface area contributed by atoms with Crippen molar-refractivity contribution < 1.29 is 9.59 Å². The molecule has 2 amide bonds. The molecule has 0 atom stereocenters. The highest BCUT2D eigenvalue weighted by molar-refractivity contribution is 7.99. The van der Waals surface area contributed by atoms with Gasteiger partial charge in [0.1, 0.15) is 0 Å². The third kappa shape index (κ3) is 6.10. The van der Waals surface area contributed by atoms with E-state index in [9.17, 15) is 9.59 Å². The molecular weight excluding hydrogens is 296 g/mol. The van der Waals surface area contributed by atoms with Gasteiger partial charge in [0.25, 0.3) is 0 Å². The maximum atomic E-state index is 11.9. The normalized spacial score (nSPS) is 15.5. The summed E-state index contributed by atoms with van der Waals surface area (Å²) in [5, 5.41) is 2.91. The summed E-state index contributed by atoms with van der Waals surface area (Å²) >= 11 is 1.80. The van der Waals surface area contributed by atoms with Crippen LogP contribution in [0.4, 0.5) is 0 Å². The fourth-order valence-corrected chi connectivity index (χ4v) is 3.32. The van der Waals surface area contributed by atoms with Gasteiger partial charge in [-0.2, -0.15) is 0 Å². The molecule has 1 heterocycles. The molecule has 1 aliphatic heterocycles. The van der Waals surface area contributed by atoms with E-state index in [0.717, 1.165) is 38.0 Å². The Bertz CT molecular complexity index is 479. The molecular formula is C17H24N2O2S. The number of amides is 2. The van der Waals surface area contributed by atoms with E-state index in [4.69, 9.17) is 0 Å². The van der Waals surface area contributed by atoms with Gasteiger partial charge in [-0.3, -0.25) is 9.59 Å². The van der Waals surface area contributed by atoms with Crippen molar-refractivity contribution in [2.75, 3.05) is 25.4 Å². The minimum atomic E-state index is -0.0417. The second-order valence-electron chi connectivity index (χ2n) is 5.49. The minimum absolute atomic E-state index is 0.0417. The fraction of sp³-hybridized carbons (Fsp3) is 0.529. The Morgan fingerprint density at radius 3 is 2.82 bits per heavy atom. The Balaban J connectivity index is 1.58. The van der Waals surface area contributed by atoms with E-state index in [2.05, 4.69) is 17.4 Å². The number of hydrogen-bond donors (Lipinski definition) is 1. The molecule has 1 saturated heterocycles. The summed E-state index contributed by atoms with van der Waals surface area (Å²) in [5.41, 5.74) is 0. The van der Waals surface area contributed by atoms with Crippen LogP contribution in [-0.4, -0.2) is 42.1 Å². The van der Waals surface area contributed by atoms with E-state index in [-0.39, 0.29) is 18.4 Å². The molecule has 2 rings (SSSR count). The van der Waals surface area contributed by atoms with Gasteiger partial charge in [0.05, 0.1) is 6.54 Å². The first-order chi connectivity index (χ1) is 10.8. The Morgan fingerprint density at radius 2 is 2.00 bits per heavy atom. The number of hydrogen-bond acceptors (Lipinski definition) is 3. The highest BCUT2D eigenvalue weighted by Crippen LogP contribution is 2.17. The van der Waals surface area contributed by atoms with Gasteiger partial charge in [0, 0.05) is 24.4 Å². The summed E-state index contributed by atoms with van der Waals surface area (Å²) in [5.74, 6) is 1.06. The van der Waals surface area contributed by atoms with E-state index in [1.54, 1.807) is 16.7 Å². The third-order valence-electron chi connectivity index (χ3n) is 3.66. The number of likely N-dealkylation sites (tertiary alicyclic amines) is 1. The SMILES string of the molecule is O=C(CN1CCCCCC1=O)NCCCSc1ccccc1. The molecule has 1 N–H and O–H groups in total.